The molecule has 0 bridgehead atoms. The van der Waals surface area contributed by atoms with Gasteiger partial charge in [-0.1, -0.05) is 38.5 Å². The third-order valence-corrected chi connectivity index (χ3v) is 4.34. The van der Waals surface area contributed by atoms with E-state index >= 15 is 0 Å². The molecular formula is C16H34N2O. The quantitative estimate of drug-likeness (QED) is 0.474. The highest BCUT2D eigenvalue weighted by Gasteiger charge is 2.19. The van der Waals surface area contributed by atoms with Crippen LogP contribution in [0.4, 0.5) is 0 Å². The molecule has 0 unspecified atom stereocenters. The van der Waals surface area contributed by atoms with Gasteiger partial charge in [0.1, 0.15) is 0 Å². The Labute approximate surface area is 119 Å². The van der Waals surface area contributed by atoms with Gasteiger partial charge in [-0.25, -0.2) is 0 Å². The second-order valence-corrected chi connectivity index (χ2v) is 5.96. The van der Waals surface area contributed by atoms with E-state index < -0.39 is 0 Å². The van der Waals surface area contributed by atoms with Crippen molar-refractivity contribution in [2.75, 3.05) is 26.2 Å². The van der Waals surface area contributed by atoms with Crippen LogP contribution in [0.2, 0.25) is 0 Å². The van der Waals surface area contributed by atoms with Crippen LogP contribution in [0, 0.1) is 0 Å². The normalized spacial score (nSPS) is 17.8. The first kappa shape index (κ1) is 16.9. The minimum absolute atomic E-state index is 0.347. The van der Waals surface area contributed by atoms with Crippen LogP contribution in [-0.2, 0) is 0 Å². The van der Waals surface area contributed by atoms with Crippen molar-refractivity contribution in [2.45, 2.75) is 76.7 Å². The van der Waals surface area contributed by atoms with Crippen molar-refractivity contribution >= 4 is 0 Å². The number of rotatable bonds is 10. The smallest absolute Gasteiger partial charge is 0.0431 e. The molecule has 3 heteroatoms. The number of aliphatic hydroxyl groups excluding tert-OH is 1. The molecule has 0 atom stereocenters. The maximum atomic E-state index is 8.80. The van der Waals surface area contributed by atoms with E-state index in [0.29, 0.717) is 6.61 Å². The van der Waals surface area contributed by atoms with Gasteiger partial charge in [0, 0.05) is 12.6 Å². The summed E-state index contributed by atoms with van der Waals surface area (Å²) in [6.07, 6.45) is 14.3. The van der Waals surface area contributed by atoms with Gasteiger partial charge in [-0.3, -0.25) is 0 Å². The Kier molecular flexibility index (Phi) is 10.4. The van der Waals surface area contributed by atoms with Crippen LogP contribution in [0.25, 0.3) is 0 Å². The zero-order chi connectivity index (χ0) is 13.8. The molecule has 0 amide bonds. The summed E-state index contributed by atoms with van der Waals surface area (Å²) in [7, 11) is 0. The third-order valence-electron chi connectivity index (χ3n) is 4.34. The van der Waals surface area contributed by atoms with Crippen molar-refractivity contribution in [2.24, 2.45) is 5.73 Å². The minimum atomic E-state index is 0.347. The Balaban J connectivity index is 2.27. The summed E-state index contributed by atoms with van der Waals surface area (Å²) >= 11 is 0. The molecule has 1 rings (SSSR count). The molecule has 19 heavy (non-hydrogen) atoms. The lowest BCUT2D eigenvalue weighted by molar-refractivity contribution is 0.173. The van der Waals surface area contributed by atoms with Gasteiger partial charge in [0.05, 0.1) is 0 Å². The molecule has 0 aliphatic heterocycles. The maximum Gasteiger partial charge on any atom is 0.0431 e. The van der Waals surface area contributed by atoms with Gasteiger partial charge in [-0.15, -0.1) is 0 Å². The lowest BCUT2D eigenvalue weighted by atomic mass is 10.1. The molecule has 0 heterocycles. The molecule has 0 aromatic heterocycles. The molecule has 3 N–H and O–H groups in total. The number of nitrogens with zero attached hydrogens (tertiary/aromatic N) is 1. The van der Waals surface area contributed by atoms with Crippen molar-refractivity contribution in [3.63, 3.8) is 0 Å². The van der Waals surface area contributed by atoms with E-state index in [2.05, 4.69) is 4.90 Å². The van der Waals surface area contributed by atoms with Gasteiger partial charge in [0.25, 0.3) is 0 Å². The lowest BCUT2D eigenvalue weighted by Gasteiger charge is -2.31. The Morgan fingerprint density at radius 2 is 1.47 bits per heavy atom. The van der Waals surface area contributed by atoms with Gasteiger partial charge in [-0.05, 0) is 51.7 Å². The summed E-state index contributed by atoms with van der Waals surface area (Å²) < 4.78 is 0. The molecule has 1 aliphatic carbocycles. The molecule has 0 aromatic rings. The van der Waals surface area contributed by atoms with E-state index in [1.807, 2.05) is 0 Å². The Bertz CT molecular complexity index is 191. The molecule has 1 saturated carbocycles. The SMILES string of the molecule is NCCCN(CCCCCCO)C1CCCCCC1. The zero-order valence-corrected chi connectivity index (χ0v) is 12.7. The highest BCUT2D eigenvalue weighted by molar-refractivity contribution is 4.75. The molecular weight excluding hydrogens is 236 g/mol. The summed E-state index contributed by atoms with van der Waals surface area (Å²) in [6.45, 7) is 3.57. The van der Waals surface area contributed by atoms with Gasteiger partial charge in [0.2, 0.25) is 0 Å². The van der Waals surface area contributed by atoms with Crippen LogP contribution in [0.5, 0.6) is 0 Å². The molecule has 1 aliphatic rings. The van der Waals surface area contributed by atoms with Crippen LogP contribution < -0.4 is 5.73 Å². The fraction of sp³-hybridized carbons (Fsp3) is 1.00. The summed E-state index contributed by atoms with van der Waals surface area (Å²) in [5.74, 6) is 0. The van der Waals surface area contributed by atoms with E-state index in [4.69, 9.17) is 10.8 Å². The first-order valence-corrected chi connectivity index (χ1v) is 8.43. The lowest BCUT2D eigenvalue weighted by Crippen LogP contribution is -2.37. The predicted octanol–water partition coefficient (Wildman–Crippen LogP) is 2.91. The van der Waals surface area contributed by atoms with Crippen LogP contribution in [0.15, 0.2) is 0 Å². The van der Waals surface area contributed by atoms with Gasteiger partial charge >= 0.3 is 0 Å². The van der Waals surface area contributed by atoms with Crippen molar-refractivity contribution in [1.82, 2.24) is 4.90 Å². The average Bonchev–Trinajstić information content (AvgIpc) is 2.71. The Hall–Kier alpha value is -0.120. The third kappa shape index (κ3) is 7.91. The van der Waals surface area contributed by atoms with Gasteiger partial charge in [0.15, 0.2) is 0 Å². The fourth-order valence-corrected chi connectivity index (χ4v) is 3.17. The molecule has 1 fully saturated rings. The number of hydrogen-bond acceptors (Lipinski definition) is 3. The predicted molar refractivity (Wildman–Crippen MR) is 82.3 cm³/mol. The van der Waals surface area contributed by atoms with Crippen LogP contribution >= 0.6 is 0 Å². The zero-order valence-electron chi connectivity index (χ0n) is 12.7. The molecule has 3 nitrogen and oxygen atoms in total. The van der Waals surface area contributed by atoms with Crippen molar-refractivity contribution in [3.8, 4) is 0 Å². The van der Waals surface area contributed by atoms with Crippen LogP contribution in [-0.4, -0.2) is 42.3 Å². The first-order chi connectivity index (χ1) is 9.38. The topological polar surface area (TPSA) is 49.5 Å². The largest absolute Gasteiger partial charge is 0.396 e. The number of aliphatic hydroxyl groups is 1. The summed E-state index contributed by atoms with van der Waals surface area (Å²) in [6, 6.07) is 0.812. The van der Waals surface area contributed by atoms with Crippen molar-refractivity contribution in [3.05, 3.63) is 0 Å². The maximum absolute atomic E-state index is 8.80. The number of hydrogen-bond donors (Lipinski definition) is 2. The van der Waals surface area contributed by atoms with E-state index in [1.54, 1.807) is 0 Å². The average molecular weight is 270 g/mol. The molecule has 114 valence electrons. The summed E-state index contributed by atoms with van der Waals surface area (Å²) in [4.78, 5) is 2.71. The number of unbranched alkanes of at least 4 members (excludes halogenated alkanes) is 3. The monoisotopic (exact) mass is 270 g/mol. The van der Waals surface area contributed by atoms with E-state index in [0.717, 1.165) is 25.4 Å². The number of nitrogens with two attached hydrogens (primary N) is 1. The fourth-order valence-electron chi connectivity index (χ4n) is 3.17. The Morgan fingerprint density at radius 1 is 0.842 bits per heavy atom. The van der Waals surface area contributed by atoms with Gasteiger partial charge < -0.3 is 15.7 Å². The highest BCUT2D eigenvalue weighted by atomic mass is 16.2. The van der Waals surface area contributed by atoms with Crippen molar-refractivity contribution < 1.29 is 5.11 Å². The minimum Gasteiger partial charge on any atom is -0.396 e. The standard InChI is InChI=1S/C16H34N2O/c17-12-9-14-18(13-7-3-4-8-15-19)16-10-5-1-2-6-11-16/h16,19H,1-15,17H2. The van der Waals surface area contributed by atoms with Crippen molar-refractivity contribution in [1.29, 1.82) is 0 Å². The summed E-state index contributed by atoms with van der Waals surface area (Å²) in [5.41, 5.74) is 5.68. The summed E-state index contributed by atoms with van der Waals surface area (Å²) in [5, 5.41) is 8.80. The van der Waals surface area contributed by atoms with Gasteiger partial charge in [-0.2, -0.15) is 0 Å². The highest BCUT2D eigenvalue weighted by Crippen LogP contribution is 2.22. The molecule has 0 saturated heterocycles. The molecule has 0 spiro atoms. The van der Waals surface area contributed by atoms with Crippen LogP contribution in [0.1, 0.15) is 70.6 Å². The second kappa shape index (κ2) is 11.7. The molecule has 0 aromatic carbocycles. The molecule has 0 radical (unpaired) electrons. The second-order valence-electron chi connectivity index (χ2n) is 5.96. The van der Waals surface area contributed by atoms with E-state index in [1.165, 1.54) is 70.9 Å². The Morgan fingerprint density at radius 3 is 2.11 bits per heavy atom. The van der Waals surface area contributed by atoms with Crippen LogP contribution in [0.3, 0.4) is 0 Å². The van der Waals surface area contributed by atoms with E-state index in [-0.39, 0.29) is 0 Å². The first-order valence-electron chi connectivity index (χ1n) is 8.43. The van der Waals surface area contributed by atoms with E-state index in [9.17, 15) is 0 Å².